The van der Waals surface area contributed by atoms with E-state index in [-0.39, 0.29) is 5.41 Å². The third-order valence-corrected chi connectivity index (χ3v) is 6.37. The summed E-state index contributed by atoms with van der Waals surface area (Å²) in [6.07, 6.45) is 5.57. The Hall–Kier alpha value is -3.46. The van der Waals surface area contributed by atoms with Gasteiger partial charge in [-0.25, -0.2) is 0 Å². The second-order valence-electron chi connectivity index (χ2n) is 9.43. The van der Waals surface area contributed by atoms with Crippen LogP contribution in [0.2, 0.25) is 0 Å². The van der Waals surface area contributed by atoms with E-state index >= 15 is 0 Å². The van der Waals surface area contributed by atoms with Crippen LogP contribution in [0, 0.1) is 0 Å². The van der Waals surface area contributed by atoms with Crippen LogP contribution in [0.3, 0.4) is 0 Å². The van der Waals surface area contributed by atoms with Crippen molar-refractivity contribution in [2.75, 3.05) is 0 Å². The molecule has 1 aliphatic carbocycles. The number of nitrogens with zero attached hydrogens (tertiary/aromatic N) is 2. The average Bonchev–Trinajstić information content (AvgIpc) is 3.17. The first-order chi connectivity index (χ1) is 15.0. The van der Waals surface area contributed by atoms with Gasteiger partial charge in [0.15, 0.2) is 5.58 Å². The van der Waals surface area contributed by atoms with Gasteiger partial charge in [0.05, 0.1) is 0 Å². The highest BCUT2D eigenvalue weighted by atomic mass is 16.3. The largest absolute Gasteiger partial charge is 0.458 e. The molecule has 0 radical (unpaired) electrons. The molecule has 0 N–H and O–H groups in total. The summed E-state index contributed by atoms with van der Waals surface area (Å²) in [7, 11) is 0. The van der Waals surface area contributed by atoms with Gasteiger partial charge in [0.25, 0.3) is 0 Å². The Balaban J connectivity index is 1.64. The Morgan fingerprint density at radius 1 is 0.839 bits per heavy atom. The van der Waals surface area contributed by atoms with Gasteiger partial charge in [-0.05, 0) is 52.4 Å². The van der Waals surface area contributed by atoms with Gasteiger partial charge in [-0.15, -0.1) is 0 Å². The predicted octanol–water partition coefficient (Wildman–Crippen LogP) is 7.11. The number of pyridine rings is 2. The topological polar surface area (TPSA) is 38.9 Å². The summed E-state index contributed by atoms with van der Waals surface area (Å²) in [5.41, 5.74) is 7.76. The summed E-state index contributed by atoms with van der Waals surface area (Å²) in [5.74, 6) is 1.04. The van der Waals surface area contributed by atoms with Crippen LogP contribution in [0.4, 0.5) is 0 Å². The molecule has 6 rings (SSSR count). The number of rotatable bonds is 1. The number of benzene rings is 2. The second kappa shape index (κ2) is 6.52. The van der Waals surface area contributed by atoms with Crippen molar-refractivity contribution in [2.24, 2.45) is 0 Å². The zero-order valence-corrected chi connectivity index (χ0v) is 18.1. The van der Waals surface area contributed by atoms with Crippen LogP contribution in [0.15, 0.2) is 71.4 Å². The molecule has 0 fully saturated rings. The molecular weight excluding hydrogens is 380 g/mol. The van der Waals surface area contributed by atoms with E-state index in [0.717, 1.165) is 46.5 Å². The molecule has 0 bridgehead atoms. The minimum Gasteiger partial charge on any atom is -0.458 e. The number of hydrogen-bond acceptors (Lipinski definition) is 3. The molecule has 5 aromatic rings. The lowest BCUT2D eigenvalue weighted by atomic mass is 9.82. The Labute approximate surface area is 181 Å². The summed E-state index contributed by atoms with van der Waals surface area (Å²) in [6, 6.07) is 19.4. The first kappa shape index (κ1) is 18.3. The van der Waals surface area contributed by atoms with Crippen molar-refractivity contribution in [1.29, 1.82) is 0 Å². The fourth-order valence-corrected chi connectivity index (χ4v) is 4.91. The van der Waals surface area contributed by atoms with Crippen LogP contribution in [-0.4, -0.2) is 9.97 Å². The molecule has 152 valence electrons. The summed E-state index contributed by atoms with van der Waals surface area (Å²) in [5, 5.41) is 3.65. The monoisotopic (exact) mass is 404 g/mol. The van der Waals surface area contributed by atoms with Crippen LogP contribution in [0.25, 0.3) is 44.1 Å². The molecule has 3 heterocycles. The van der Waals surface area contributed by atoms with Gasteiger partial charge in [0.2, 0.25) is 0 Å². The molecular formula is C28H24N2O. The SMILES string of the molecule is CC(C)(C)c1cc(-c2nccc3c4c(oc23)CCc2ncccc2-4)cc2ccccc12. The smallest absolute Gasteiger partial charge is 0.161 e. The molecule has 0 unspecified atom stereocenters. The van der Waals surface area contributed by atoms with E-state index in [0.29, 0.717) is 0 Å². The van der Waals surface area contributed by atoms with E-state index < -0.39 is 0 Å². The number of aromatic nitrogens is 2. The second-order valence-corrected chi connectivity index (χ2v) is 9.43. The standard InChI is InChI=1S/C28H24N2O/c1-28(2,3)22-16-18(15-17-7-4-5-8-19(17)22)26-27-21(12-14-30-26)25-20-9-6-13-29-23(20)10-11-24(25)31-27/h4-9,12-16H,10-11H2,1-3H3. The average molecular weight is 405 g/mol. The van der Waals surface area contributed by atoms with Crippen molar-refractivity contribution in [3.8, 4) is 22.4 Å². The van der Waals surface area contributed by atoms with Crippen molar-refractivity contribution in [2.45, 2.75) is 39.0 Å². The molecule has 3 heteroatoms. The molecule has 0 amide bonds. The number of furan rings is 1. The molecule has 2 aromatic carbocycles. The summed E-state index contributed by atoms with van der Waals surface area (Å²) >= 11 is 0. The Bertz CT molecular complexity index is 1470. The lowest BCUT2D eigenvalue weighted by Gasteiger charge is -2.22. The number of aryl methyl sites for hydroxylation is 2. The summed E-state index contributed by atoms with van der Waals surface area (Å²) in [6.45, 7) is 6.80. The molecule has 0 saturated heterocycles. The lowest BCUT2D eigenvalue weighted by Crippen LogP contribution is -2.12. The molecule has 1 aliphatic rings. The maximum absolute atomic E-state index is 6.48. The first-order valence-electron chi connectivity index (χ1n) is 10.9. The van der Waals surface area contributed by atoms with E-state index in [1.807, 2.05) is 18.5 Å². The summed E-state index contributed by atoms with van der Waals surface area (Å²) < 4.78 is 6.48. The molecule has 0 saturated carbocycles. The van der Waals surface area contributed by atoms with Crippen LogP contribution < -0.4 is 0 Å². The molecule has 0 aliphatic heterocycles. The van der Waals surface area contributed by atoms with Crippen molar-refractivity contribution < 1.29 is 4.42 Å². The van der Waals surface area contributed by atoms with Crippen molar-refractivity contribution in [3.63, 3.8) is 0 Å². The summed E-state index contributed by atoms with van der Waals surface area (Å²) in [4.78, 5) is 9.40. The van der Waals surface area contributed by atoms with E-state index in [1.165, 1.54) is 27.5 Å². The van der Waals surface area contributed by atoms with Crippen molar-refractivity contribution in [1.82, 2.24) is 9.97 Å². The highest BCUT2D eigenvalue weighted by Crippen LogP contribution is 2.43. The van der Waals surface area contributed by atoms with Gasteiger partial charge >= 0.3 is 0 Å². The molecule has 31 heavy (non-hydrogen) atoms. The third-order valence-electron chi connectivity index (χ3n) is 6.37. The predicted molar refractivity (Wildman–Crippen MR) is 126 cm³/mol. The van der Waals surface area contributed by atoms with Gasteiger partial charge in [0, 0.05) is 46.6 Å². The first-order valence-corrected chi connectivity index (χ1v) is 10.9. The fourth-order valence-electron chi connectivity index (χ4n) is 4.91. The van der Waals surface area contributed by atoms with Crippen LogP contribution >= 0.6 is 0 Å². The van der Waals surface area contributed by atoms with E-state index in [2.05, 4.69) is 74.3 Å². The van der Waals surface area contributed by atoms with Gasteiger partial charge < -0.3 is 4.42 Å². The van der Waals surface area contributed by atoms with E-state index in [4.69, 9.17) is 9.40 Å². The van der Waals surface area contributed by atoms with Crippen molar-refractivity contribution in [3.05, 3.63) is 84.0 Å². The fraction of sp³-hybridized carbons (Fsp3) is 0.214. The van der Waals surface area contributed by atoms with Crippen molar-refractivity contribution >= 4 is 21.7 Å². The van der Waals surface area contributed by atoms with Crippen LogP contribution in [-0.2, 0) is 18.3 Å². The van der Waals surface area contributed by atoms with Crippen LogP contribution in [0.1, 0.15) is 37.8 Å². The Kier molecular flexibility index (Phi) is 3.85. The zero-order valence-electron chi connectivity index (χ0n) is 18.1. The van der Waals surface area contributed by atoms with Gasteiger partial charge in [0.1, 0.15) is 11.5 Å². The molecule has 3 aromatic heterocycles. The molecule has 0 spiro atoms. The molecule has 0 atom stereocenters. The third kappa shape index (κ3) is 2.80. The van der Waals surface area contributed by atoms with Gasteiger partial charge in [-0.2, -0.15) is 0 Å². The Morgan fingerprint density at radius 3 is 2.58 bits per heavy atom. The highest BCUT2D eigenvalue weighted by Gasteiger charge is 2.26. The Morgan fingerprint density at radius 2 is 1.71 bits per heavy atom. The normalized spacial score (nSPS) is 13.4. The van der Waals surface area contributed by atoms with Gasteiger partial charge in [-0.1, -0.05) is 51.1 Å². The minimum absolute atomic E-state index is 0.0243. The van der Waals surface area contributed by atoms with Gasteiger partial charge in [-0.3, -0.25) is 9.97 Å². The lowest BCUT2D eigenvalue weighted by molar-refractivity contribution is 0.544. The quantitative estimate of drug-likeness (QED) is 0.299. The highest BCUT2D eigenvalue weighted by molar-refractivity contribution is 6.03. The minimum atomic E-state index is 0.0243. The zero-order chi connectivity index (χ0) is 21.2. The van der Waals surface area contributed by atoms with E-state index in [1.54, 1.807) is 0 Å². The maximum Gasteiger partial charge on any atom is 0.161 e. The number of fused-ring (bicyclic) bond motifs is 6. The number of hydrogen-bond donors (Lipinski definition) is 0. The molecule has 3 nitrogen and oxygen atoms in total. The maximum atomic E-state index is 6.48. The van der Waals surface area contributed by atoms with E-state index in [9.17, 15) is 0 Å². The van der Waals surface area contributed by atoms with Crippen LogP contribution in [0.5, 0.6) is 0 Å².